The second-order valence-electron chi connectivity index (χ2n) is 6.75. The quantitative estimate of drug-likeness (QED) is 0.504. The minimum absolute atomic E-state index is 0.557. The van der Waals surface area contributed by atoms with Crippen molar-refractivity contribution in [3.05, 3.63) is 84.1 Å². The number of hydrogen-bond acceptors (Lipinski definition) is 1. The summed E-state index contributed by atoms with van der Waals surface area (Å²) in [5.74, 6) is 0. The molecule has 0 bridgehead atoms. The van der Waals surface area contributed by atoms with Gasteiger partial charge in [-0.2, -0.15) is 13.2 Å². The van der Waals surface area contributed by atoms with E-state index in [1.54, 1.807) is 6.07 Å². The highest BCUT2D eigenvalue weighted by Gasteiger charge is 2.30. The summed E-state index contributed by atoms with van der Waals surface area (Å²) in [7, 11) is 0. The fraction of sp³-hybridized carbons (Fsp3) is 0.333. The highest BCUT2D eigenvalue weighted by atomic mass is 19.4. The standard InChI is InChI=1S/C14H19N.C10H11F3/c1-5-8-12(4)13-9-6-7-10-14(13)15-11(2)3;1-2-4-8-5-3-6-9(7-8)10(11,12)13/h6-7,9-10,15H,2,4-5,8H2,1,3H3;3,5-7H,2,4H2,1H3. The first-order valence-corrected chi connectivity index (χ1v) is 9.54. The molecule has 0 heterocycles. The molecule has 2 aromatic carbocycles. The second-order valence-corrected chi connectivity index (χ2v) is 6.75. The number of nitrogens with one attached hydrogen (secondary N) is 1. The number of halogens is 3. The van der Waals surface area contributed by atoms with Gasteiger partial charge in [-0.15, -0.1) is 0 Å². The van der Waals surface area contributed by atoms with Crippen LogP contribution < -0.4 is 5.32 Å². The van der Waals surface area contributed by atoms with Crippen molar-refractivity contribution in [3.63, 3.8) is 0 Å². The lowest BCUT2D eigenvalue weighted by atomic mass is 10.0. The molecule has 0 radical (unpaired) electrons. The van der Waals surface area contributed by atoms with E-state index < -0.39 is 11.7 Å². The van der Waals surface area contributed by atoms with Gasteiger partial charge in [0.15, 0.2) is 0 Å². The lowest BCUT2D eigenvalue weighted by Gasteiger charge is -2.13. The van der Waals surface area contributed by atoms with E-state index in [2.05, 4.69) is 37.5 Å². The highest BCUT2D eigenvalue weighted by molar-refractivity contribution is 5.75. The van der Waals surface area contributed by atoms with Gasteiger partial charge in [-0.25, -0.2) is 0 Å². The molecule has 1 nitrogen and oxygen atoms in total. The van der Waals surface area contributed by atoms with Gasteiger partial charge in [-0.1, -0.05) is 76.2 Å². The van der Waals surface area contributed by atoms with Crippen LogP contribution in [0.25, 0.3) is 5.57 Å². The molecule has 0 atom stereocenters. The Balaban J connectivity index is 0.000000283. The van der Waals surface area contributed by atoms with E-state index in [9.17, 15) is 13.2 Å². The van der Waals surface area contributed by atoms with Gasteiger partial charge in [0, 0.05) is 16.9 Å². The predicted octanol–water partition coefficient (Wildman–Crippen LogP) is 8.10. The molecule has 0 fully saturated rings. The molecule has 152 valence electrons. The van der Waals surface area contributed by atoms with Crippen LogP contribution in [0.2, 0.25) is 0 Å². The first-order valence-electron chi connectivity index (χ1n) is 9.54. The normalized spacial score (nSPS) is 10.6. The molecule has 0 aromatic heterocycles. The maximum absolute atomic E-state index is 12.2. The van der Waals surface area contributed by atoms with E-state index in [0.717, 1.165) is 42.3 Å². The number of para-hydroxylation sites is 1. The number of rotatable bonds is 7. The summed E-state index contributed by atoms with van der Waals surface area (Å²) >= 11 is 0. The van der Waals surface area contributed by atoms with Crippen LogP contribution in [0.3, 0.4) is 0 Å². The van der Waals surface area contributed by atoms with Gasteiger partial charge in [-0.05, 0) is 43.0 Å². The molecule has 0 unspecified atom stereocenters. The van der Waals surface area contributed by atoms with E-state index in [1.165, 1.54) is 23.3 Å². The molecule has 0 spiro atoms. The molecule has 2 aromatic rings. The minimum Gasteiger partial charge on any atom is -0.359 e. The first kappa shape index (κ1) is 23.5. The Morgan fingerprint density at radius 2 is 1.64 bits per heavy atom. The monoisotopic (exact) mass is 389 g/mol. The number of alkyl halides is 3. The van der Waals surface area contributed by atoms with Crippen molar-refractivity contribution in [2.24, 2.45) is 0 Å². The third-order valence-electron chi connectivity index (χ3n) is 4.00. The number of hydrogen-bond donors (Lipinski definition) is 1. The van der Waals surface area contributed by atoms with E-state index >= 15 is 0 Å². The molecule has 0 aliphatic heterocycles. The van der Waals surface area contributed by atoms with Crippen LogP contribution in [0.1, 0.15) is 56.7 Å². The predicted molar refractivity (Wildman–Crippen MR) is 114 cm³/mol. The van der Waals surface area contributed by atoms with Gasteiger partial charge in [0.2, 0.25) is 0 Å². The molecule has 4 heteroatoms. The van der Waals surface area contributed by atoms with E-state index in [4.69, 9.17) is 0 Å². The number of anilines is 1. The smallest absolute Gasteiger partial charge is 0.359 e. The second kappa shape index (κ2) is 11.4. The van der Waals surface area contributed by atoms with Crippen LogP contribution in [-0.2, 0) is 12.6 Å². The summed E-state index contributed by atoms with van der Waals surface area (Å²) in [4.78, 5) is 0. The maximum atomic E-state index is 12.2. The van der Waals surface area contributed by atoms with Crippen molar-refractivity contribution in [1.29, 1.82) is 0 Å². The van der Waals surface area contributed by atoms with Gasteiger partial charge in [-0.3, -0.25) is 0 Å². The molecule has 0 amide bonds. The lowest BCUT2D eigenvalue weighted by Crippen LogP contribution is -2.05. The summed E-state index contributed by atoms with van der Waals surface area (Å²) in [6.45, 7) is 14.0. The van der Waals surface area contributed by atoms with E-state index in [-0.39, 0.29) is 0 Å². The zero-order valence-electron chi connectivity index (χ0n) is 17.0. The average molecular weight is 390 g/mol. The maximum Gasteiger partial charge on any atom is 0.416 e. The highest BCUT2D eigenvalue weighted by Crippen LogP contribution is 2.29. The van der Waals surface area contributed by atoms with Crippen LogP contribution in [0.4, 0.5) is 18.9 Å². The topological polar surface area (TPSA) is 12.0 Å². The number of allylic oxidation sites excluding steroid dienone is 2. The van der Waals surface area contributed by atoms with E-state index in [1.807, 2.05) is 26.0 Å². The molecule has 0 aliphatic rings. The summed E-state index contributed by atoms with van der Waals surface area (Å²) in [6, 6.07) is 13.7. The van der Waals surface area contributed by atoms with Crippen molar-refractivity contribution in [2.45, 2.75) is 52.6 Å². The summed E-state index contributed by atoms with van der Waals surface area (Å²) < 4.78 is 36.6. The van der Waals surface area contributed by atoms with Crippen LogP contribution >= 0.6 is 0 Å². The van der Waals surface area contributed by atoms with Gasteiger partial charge in [0.25, 0.3) is 0 Å². The Hall–Kier alpha value is -2.49. The molecule has 0 aliphatic carbocycles. The minimum atomic E-state index is -4.22. The number of benzene rings is 2. The third-order valence-corrected chi connectivity index (χ3v) is 4.00. The Kier molecular flexibility index (Phi) is 9.57. The molecule has 2 rings (SSSR count). The number of aryl methyl sites for hydroxylation is 1. The van der Waals surface area contributed by atoms with Gasteiger partial charge >= 0.3 is 6.18 Å². The Bertz CT molecular complexity index is 775. The summed E-state index contributed by atoms with van der Waals surface area (Å²) in [5.41, 5.74) is 4.62. The van der Waals surface area contributed by atoms with Gasteiger partial charge in [0.1, 0.15) is 0 Å². The van der Waals surface area contributed by atoms with Crippen LogP contribution in [0.15, 0.2) is 67.4 Å². The fourth-order valence-corrected chi connectivity index (χ4v) is 2.76. The lowest BCUT2D eigenvalue weighted by molar-refractivity contribution is -0.137. The molecule has 1 N–H and O–H groups in total. The van der Waals surface area contributed by atoms with Crippen LogP contribution in [0, 0.1) is 0 Å². The largest absolute Gasteiger partial charge is 0.416 e. The summed E-state index contributed by atoms with van der Waals surface area (Å²) in [6.07, 6.45) is -0.496. The van der Waals surface area contributed by atoms with Crippen molar-refractivity contribution in [1.82, 2.24) is 0 Å². The van der Waals surface area contributed by atoms with Gasteiger partial charge in [0.05, 0.1) is 5.56 Å². The third kappa shape index (κ3) is 8.03. The molecule has 0 saturated heterocycles. The van der Waals surface area contributed by atoms with Crippen molar-refractivity contribution >= 4 is 11.3 Å². The Morgan fingerprint density at radius 3 is 2.21 bits per heavy atom. The fourth-order valence-electron chi connectivity index (χ4n) is 2.76. The van der Waals surface area contributed by atoms with Crippen molar-refractivity contribution < 1.29 is 13.2 Å². The first-order chi connectivity index (χ1) is 13.2. The van der Waals surface area contributed by atoms with Crippen LogP contribution in [0.5, 0.6) is 0 Å². The van der Waals surface area contributed by atoms with E-state index in [0.29, 0.717) is 6.42 Å². The van der Waals surface area contributed by atoms with Crippen molar-refractivity contribution in [3.8, 4) is 0 Å². The van der Waals surface area contributed by atoms with Crippen LogP contribution in [-0.4, -0.2) is 0 Å². The SMILES string of the molecule is C=C(C)Nc1ccccc1C(=C)CCC.CCCc1cccc(C(F)(F)F)c1. The molecule has 28 heavy (non-hydrogen) atoms. The molecule has 0 saturated carbocycles. The average Bonchev–Trinajstić information content (AvgIpc) is 2.62. The molecular formula is C24H30F3N. The Morgan fingerprint density at radius 1 is 0.964 bits per heavy atom. The van der Waals surface area contributed by atoms with Gasteiger partial charge < -0.3 is 5.32 Å². The summed E-state index contributed by atoms with van der Waals surface area (Å²) in [5, 5.41) is 3.26. The zero-order chi connectivity index (χ0) is 21.2. The zero-order valence-corrected chi connectivity index (χ0v) is 17.0. The van der Waals surface area contributed by atoms with Crippen molar-refractivity contribution in [2.75, 3.05) is 5.32 Å². The molecular weight excluding hydrogens is 359 g/mol. The Labute approximate surface area is 167 Å².